The van der Waals surface area contributed by atoms with E-state index >= 15 is 0 Å². The van der Waals surface area contributed by atoms with Gasteiger partial charge < -0.3 is 4.74 Å². The van der Waals surface area contributed by atoms with E-state index in [0.717, 1.165) is 6.42 Å². The van der Waals surface area contributed by atoms with Crippen LogP contribution in [0.2, 0.25) is 0 Å². The van der Waals surface area contributed by atoms with Crippen molar-refractivity contribution in [2.45, 2.75) is 23.5 Å². The molecule has 2 atom stereocenters. The summed E-state index contributed by atoms with van der Waals surface area (Å²) in [6.07, 6.45) is 0.957. The third kappa shape index (κ3) is 2.75. The number of benzene rings is 1. The van der Waals surface area contributed by atoms with Gasteiger partial charge in [-0.1, -0.05) is 18.2 Å². The van der Waals surface area contributed by atoms with E-state index in [4.69, 9.17) is 4.74 Å². The Hall–Kier alpha value is -0.960. The van der Waals surface area contributed by atoms with Crippen molar-refractivity contribution in [3.8, 4) is 0 Å². The fraction of sp³-hybridized carbons (Fsp3) is 0.417. The molecule has 0 amide bonds. The van der Waals surface area contributed by atoms with Crippen molar-refractivity contribution in [1.82, 2.24) is 0 Å². The van der Waals surface area contributed by atoms with Gasteiger partial charge in [0.25, 0.3) is 0 Å². The molecular weight excluding hydrogens is 208 g/mol. The summed E-state index contributed by atoms with van der Waals surface area (Å²) in [4.78, 5) is 12.6. The van der Waals surface area contributed by atoms with Crippen LogP contribution in [0.25, 0.3) is 0 Å². The molecule has 1 aromatic rings. The SMILES string of the molecule is CCOC(=O)[C@H]1C[C@@H]1Sc1ccccc1. The zero-order chi connectivity index (χ0) is 10.7. The second-order valence-corrected chi connectivity index (χ2v) is 4.88. The largest absolute Gasteiger partial charge is 0.466 e. The lowest BCUT2D eigenvalue weighted by Gasteiger charge is -2.01. The molecule has 0 saturated heterocycles. The van der Waals surface area contributed by atoms with Gasteiger partial charge in [-0.25, -0.2) is 0 Å². The van der Waals surface area contributed by atoms with E-state index in [1.165, 1.54) is 4.90 Å². The molecule has 1 aliphatic carbocycles. The lowest BCUT2D eigenvalue weighted by atomic mass is 10.4. The predicted molar refractivity (Wildman–Crippen MR) is 60.8 cm³/mol. The Kier molecular flexibility index (Phi) is 3.31. The first-order valence-corrected chi connectivity index (χ1v) is 6.07. The Morgan fingerprint density at radius 3 is 2.87 bits per heavy atom. The molecule has 0 spiro atoms. The van der Waals surface area contributed by atoms with Crippen LogP contribution in [0.5, 0.6) is 0 Å². The van der Waals surface area contributed by atoms with E-state index in [9.17, 15) is 4.79 Å². The fourth-order valence-electron chi connectivity index (χ4n) is 1.47. The zero-order valence-corrected chi connectivity index (χ0v) is 9.50. The van der Waals surface area contributed by atoms with Crippen LogP contribution in [0.15, 0.2) is 35.2 Å². The highest BCUT2D eigenvalue weighted by Gasteiger charge is 2.44. The van der Waals surface area contributed by atoms with Crippen LogP contribution in [0.3, 0.4) is 0 Å². The number of hydrogen-bond donors (Lipinski definition) is 0. The number of carbonyl (C=O) groups excluding carboxylic acids is 1. The van der Waals surface area contributed by atoms with Crippen molar-refractivity contribution in [3.05, 3.63) is 30.3 Å². The standard InChI is InChI=1S/C12H14O2S/c1-2-14-12(13)10-8-11(10)15-9-6-4-3-5-7-9/h3-7,10-11H,2,8H2,1H3/t10-,11-/m0/s1. The Labute approximate surface area is 94.0 Å². The normalized spacial score (nSPS) is 23.5. The first kappa shape index (κ1) is 10.6. The highest BCUT2D eigenvalue weighted by atomic mass is 32.2. The quantitative estimate of drug-likeness (QED) is 0.733. The van der Waals surface area contributed by atoms with E-state index in [2.05, 4.69) is 12.1 Å². The maximum Gasteiger partial charge on any atom is 0.310 e. The van der Waals surface area contributed by atoms with Crippen molar-refractivity contribution < 1.29 is 9.53 Å². The maximum atomic E-state index is 11.4. The van der Waals surface area contributed by atoms with Gasteiger partial charge in [-0.05, 0) is 25.5 Å². The van der Waals surface area contributed by atoms with Gasteiger partial charge >= 0.3 is 5.97 Å². The Balaban J connectivity index is 1.83. The Morgan fingerprint density at radius 2 is 2.20 bits per heavy atom. The van der Waals surface area contributed by atoms with Crippen LogP contribution in [0.4, 0.5) is 0 Å². The predicted octanol–water partition coefficient (Wildman–Crippen LogP) is 2.73. The molecule has 1 saturated carbocycles. The van der Waals surface area contributed by atoms with Crippen LogP contribution < -0.4 is 0 Å². The van der Waals surface area contributed by atoms with E-state index in [1.54, 1.807) is 11.8 Å². The molecule has 0 bridgehead atoms. The average molecular weight is 222 g/mol. The summed E-state index contributed by atoms with van der Waals surface area (Å²) in [5.74, 6) is 0.0843. The van der Waals surface area contributed by atoms with Gasteiger partial charge in [-0.2, -0.15) is 0 Å². The maximum absolute atomic E-state index is 11.4. The lowest BCUT2D eigenvalue weighted by molar-refractivity contribution is -0.144. The smallest absolute Gasteiger partial charge is 0.310 e. The minimum atomic E-state index is -0.0362. The summed E-state index contributed by atoms with van der Waals surface area (Å²) >= 11 is 1.77. The number of carbonyl (C=O) groups is 1. The third-order valence-electron chi connectivity index (χ3n) is 2.35. The molecule has 0 heterocycles. The minimum absolute atomic E-state index is 0.0362. The number of thioether (sulfide) groups is 1. The molecule has 2 nitrogen and oxygen atoms in total. The van der Waals surface area contributed by atoms with Crippen LogP contribution >= 0.6 is 11.8 Å². The molecule has 0 radical (unpaired) electrons. The van der Waals surface area contributed by atoms with E-state index in [-0.39, 0.29) is 11.9 Å². The molecule has 0 N–H and O–H groups in total. The molecule has 1 aromatic carbocycles. The fourth-order valence-corrected chi connectivity index (χ4v) is 2.72. The average Bonchev–Trinajstić information content (AvgIpc) is 2.99. The molecule has 3 heteroatoms. The number of hydrogen-bond acceptors (Lipinski definition) is 3. The van der Waals surface area contributed by atoms with Crippen LogP contribution in [0.1, 0.15) is 13.3 Å². The van der Waals surface area contributed by atoms with E-state index in [0.29, 0.717) is 11.9 Å². The van der Waals surface area contributed by atoms with Crippen molar-refractivity contribution >= 4 is 17.7 Å². The van der Waals surface area contributed by atoms with Gasteiger partial charge in [0.1, 0.15) is 0 Å². The number of rotatable bonds is 4. The molecule has 15 heavy (non-hydrogen) atoms. The van der Waals surface area contributed by atoms with Crippen molar-refractivity contribution in [1.29, 1.82) is 0 Å². The molecule has 0 aromatic heterocycles. The van der Waals surface area contributed by atoms with Crippen LogP contribution in [-0.4, -0.2) is 17.8 Å². The van der Waals surface area contributed by atoms with Crippen molar-refractivity contribution in [3.63, 3.8) is 0 Å². The molecule has 0 unspecified atom stereocenters. The van der Waals surface area contributed by atoms with Gasteiger partial charge in [-0.15, -0.1) is 11.8 Å². The van der Waals surface area contributed by atoms with Gasteiger partial charge in [0.2, 0.25) is 0 Å². The van der Waals surface area contributed by atoms with Gasteiger partial charge in [-0.3, -0.25) is 4.79 Å². The summed E-state index contributed by atoms with van der Waals surface area (Å²) in [6, 6.07) is 10.2. The summed E-state index contributed by atoms with van der Waals surface area (Å²) in [7, 11) is 0. The van der Waals surface area contributed by atoms with E-state index in [1.807, 2.05) is 25.1 Å². The van der Waals surface area contributed by atoms with Crippen LogP contribution in [0, 0.1) is 5.92 Å². The number of ether oxygens (including phenoxy) is 1. The van der Waals surface area contributed by atoms with Crippen molar-refractivity contribution in [2.75, 3.05) is 6.61 Å². The Morgan fingerprint density at radius 1 is 1.47 bits per heavy atom. The summed E-state index contributed by atoms with van der Waals surface area (Å²) in [5, 5.41) is 0.423. The van der Waals surface area contributed by atoms with E-state index < -0.39 is 0 Å². The van der Waals surface area contributed by atoms with Crippen molar-refractivity contribution in [2.24, 2.45) is 5.92 Å². The number of esters is 1. The molecule has 2 rings (SSSR count). The first-order valence-electron chi connectivity index (χ1n) is 5.19. The zero-order valence-electron chi connectivity index (χ0n) is 8.68. The summed E-state index contributed by atoms with van der Waals surface area (Å²) in [5.41, 5.74) is 0. The topological polar surface area (TPSA) is 26.3 Å². The van der Waals surface area contributed by atoms with Gasteiger partial charge in [0.15, 0.2) is 0 Å². The minimum Gasteiger partial charge on any atom is -0.466 e. The first-order chi connectivity index (χ1) is 7.31. The highest BCUT2D eigenvalue weighted by Crippen LogP contribution is 2.45. The van der Waals surface area contributed by atoms with Crippen LogP contribution in [-0.2, 0) is 9.53 Å². The lowest BCUT2D eigenvalue weighted by Crippen LogP contribution is -2.07. The molecular formula is C12H14O2S. The van der Waals surface area contributed by atoms with Gasteiger partial charge in [0, 0.05) is 10.1 Å². The molecule has 0 aliphatic heterocycles. The third-order valence-corrected chi connectivity index (χ3v) is 3.72. The summed E-state index contributed by atoms with van der Waals surface area (Å²) < 4.78 is 4.98. The summed E-state index contributed by atoms with van der Waals surface area (Å²) in [6.45, 7) is 2.33. The second-order valence-electron chi connectivity index (χ2n) is 3.56. The second kappa shape index (κ2) is 4.71. The molecule has 1 aliphatic rings. The monoisotopic (exact) mass is 222 g/mol. The Bertz CT molecular complexity index is 337. The van der Waals surface area contributed by atoms with Gasteiger partial charge in [0.05, 0.1) is 12.5 Å². The molecule has 80 valence electrons. The molecule has 1 fully saturated rings. The highest BCUT2D eigenvalue weighted by molar-refractivity contribution is 8.00.